The molecule has 1 atom stereocenters. The van der Waals surface area contributed by atoms with Crippen LogP contribution in [0, 0.1) is 5.92 Å². The first-order valence-corrected chi connectivity index (χ1v) is 10.5. The highest BCUT2D eigenvalue weighted by Gasteiger charge is 2.22. The summed E-state index contributed by atoms with van der Waals surface area (Å²) in [6.45, 7) is 2.67. The highest BCUT2D eigenvalue weighted by Crippen LogP contribution is 2.25. The van der Waals surface area contributed by atoms with Crippen LogP contribution in [0.3, 0.4) is 0 Å². The summed E-state index contributed by atoms with van der Waals surface area (Å²) in [4.78, 5) is 14.6. The third-order valence-corrected chi connectivity index (χ3v) is 5.57. The van der Waals surface area contributed by atoms with Crippen LogP contribution >= 0.6 is 15.9 Å². The van der Waals surface area contributed by atoms with E-state index in [2.05, 4.69) is 49.4 Å². The number of halogens is 1. The first kappa shape index (κ1) is 19.5. The molecule has 0 radical (unpaired) electrons. The highest BCUT2D eigenvalue weighted by molar-refractivity contribution is 9.10. The summed E-state index contributed by atoms with van der Waals surface area (Å²) >= 11 is 3.53. The number of anilines is 1. The predicted octanol–water partition coefficient (Wildman–Crippen LogP) is 4.29. The van der Waals surface area contributed by atoms with Crippen molar-refractivity contribution in [1.29, 1.82) is 0 Å². The van der Waals surface area contributed by atoms with E-state index < -0.39 is 0 Å². The molecule has 1 fully saturated rings. The minimum atomic E-state index is -0.0710. The number of hydrogen-bond donors (Lipinski definition) is 1. The van der Waals surface area contributed by atoms with E-state index in [9.17, 15) is 4.79 Å². The zero-order valence-electron chi connectivity index (χ0n) is 16.0. The monoisotopic (exact) mass is 450 g/mol. The standard InChI is InChI=1S/C23H23BrN4O/c24-20-5-4-8-22(13-20)27-12-11-19(16-27)14-25-23(29)10-9-18-15-26-28(17-18)21-6-2-1-3-7-21/h1-10,13,15,17,19H,11-12,14,16H2,(H,25,29). The van der Waals surface area contributed by atoms with Crippen LogP contribution in [0.1, 0.15) is 12.0 Å². The van der Waals surface area contributed by atoms with Crippen LogP contribution in [0.15, 0.2) is 77.5 Å². The largest absolute Gasteiger partial charge is 0.371 e. The Kier molecular flexibility index (Phi) is 6.10. The molecule has 3 aromatic rings. The van der Waals surface area contributed by atoms with Crippen LogP contribution in [0.4, 0.5) is 5.69 Å². The lowest BCUT2D eigenvalue weighted by Gasteiger charge is -2.19. The van der Waals surface area contributed by atoms with E-state index in [0.29, 0.717) is 12.5 Å². The summed E-state index contributed by atoms with van der Waals surface area (Å²) in [7, 11) is 0. The van der Waals surface area contributed by atoms with Crippen molar-refractivity contribution in [3.8, 4) is 5.69 Å². The Morgan fingerprint density at radius 2 is 2.00 bits per heavy atom. The van der Waals surface area contributed by atoms with Gasteiger partial charge in [-0.15, -0.1) is 0 Å². The summed E-state index contributed by atoms with van der Waals surface area (Å²) in [6.07, 6.45) is 8.12. The quantitative estimate of drug-likeness (QED) is 0.569. The first-order chi connectivity index (χ1) is 14.2. The van der Waals surface area contributed by atoms with Crippen LogP contribution in [-0.2, 0) is 4.79 Å². The number of carbonyl (C=O) groups excluding carboxylic acids is 1. The summed E-state index contributed by atoms with van der Waals surface area (Å²) in [6, 6.07) is 18.3. The SMILES string of the molecule is O=C(C=Cc1cnn(-c2ccccc2)c1)NCC1CCN(c2cccc(Br)c2)C1. The number of amides is 1. The fourth-order valence-electron chi connectivity index (χ4n) is 3.53. The van der Waals surface area contributed by atoms with Crippen LogP contribution in [0.5, 0.6) is 0 Å². The molecule has 1 N–H and O–H groups in total. The fourth-order valence-corrected chi connectivity index (χ4v) is 3.91. The van der Waals surface area contributed by atoms with Gasteiger partial charge in [-0.1, -0.05) is 40.2 Å². The van der Waals surface area contributed by atoms with E-state index in [1.54, 1.807) is 23.0 Å². The lowest BCUT2D eigenvalue weighted by atomic mass is 10.1. The molecule has 5 nitrogen and oxygen atoms in total. The van der Waals surface area contributed by atoms with Crippen molar-refractivity contribution >= 4 is 33.6 Å². The molecule has 2 heterocycles. The molecular formula is C23H23BrN4O. The van der Waals surface area contributed by atoms with E-state index in [4.69, 9.17) is 0 Å². The molecule has 0 spiro atoms. The van der Waals surface area contributed by atoms with Gasteiger partial charge in [-0.25, -0.2) is 4.68 Å². The topological polar surface area (TPSA) is 50.2 Å². The Balaban J connectivity index is 1.26. The molecule has 1 aromatic heterocycles. The van der Waals surface area contributed by atoms with Gasteiger partial charge in [-0.2, -0.15) is 5.10 Å². The van der Waals surface area contributed by atoms with Gasteiger partial charge in [-0.3, -0.25) is 4.79 Å². The predicted molar refractivity (Wildman–Crippen MR) is 120 cm³/mol. The molecule has 1 amide bonds. The van der Waals surface area contributed by atoms with Crippen LogP contribution in [0.25, 0.3) is 11.8 Å². The van der Waals surface area contributed by atoms with E-state index >= 15 is 0 Å². The van der Waals surface area contributed by atoms with Gasteiger partial charge in [0.2, 0.25) is 5.91 Å². The molecule has 29 heavy (non-hydrogen) atoms. The number of hydrogen-bond acceptors (Lipinski definition) is 3. The normalized spacial score (nSPS) is 16.4. The molecule has 2 aromatic carbocycles. The van der Waals surface area contributed by atoms with Crippen LogP contribution in [0.2, 0.25) is 0 Å². The number of rotatable bonds is 6. The summed E-state index contributed by atoms with van der Waals surface area (Å²) in [5, 5.41) is 7.37. The number of nitrogens with one attached hydrogen (secondary N) is 1. The maximum atomic E-state index is 12.2. The maximum Gasteiger partial charge on any atom is 0.244 e. The zero-order chi connectivity index (χ0) is 20.1. The van der Waals surface area contributed by atoms with Gasteiger partial charge in [0.15, 0.2) is 0 Å². The average molecular weight is 451 g/mol. The number of benzene rings is 2. The molecule has 148 valence electrons. The molecule has 1 aliphatic rings. The molecule has 1 unspecified atom stereocenters. The second-order valence-electron chi connectivity index (χ2n) is 7.21. The Hall–Kier alpha value is -2.86. The Morgan fingerprint density at radius 1 is 1.17 bits per heavy atom. The van der Waals surface area contributed by atoms with Crippen LogP contribution in [-0.4, -0.2) is 35.3 Å². The highest BCUT2D eigenvalue weighted by atomic mass is 79.9. The number of aromatic nitrogens is 2. The maximum absolute atomic E-state index is 12.2. The van der Waals surface area contributed by atoms with Gasteiger partial charge in [0.25, 0.3) is 0 Å². The van der Waals surface area contributed by atoms with E-state index in [0.717, 1.165) is 35.2 Å². The first-order valence-electron chi connectivity index (χ1n) is 9.74. The number of nitrogens with zero attached hydrogens (tertiary/aromatic N) is 3. The fraction of sp³-hybridized carbons (Fsp3) is 0.217. The van der Waals surface area contributed by atoms with E-state index in [1.807, 2.05) is 42.6 Å². The lowest BCUT2D eigenvalue weighted by molar-refractivity contribution is -0.116. The zero-order valence-corrected chi connectivity index (χ0v) is 17.6. The number of carbonyl (C=O) groups is 1. The molecule has 0 saturated carbocycles. The second kappa shape index (κ2) is 9.09. The van der Waals surface area contributed by atoms with Gasteiger partial charge in [0.1, 0.15) is 0 Å². The molecule has 1 saturated heterocycles. The summed E-state index contributed by atoms with van der Waals surface area (Å²) in [5.41, 5.74) is 3.11. The second-order valence-corrected chi connectivity index (χ2v) is 8.13. The van der Waals surface area contributed by atoms with E-state index in [1.165, 1.54) is 5.69 Å². The number of para-hydroxylation sites is 1. The van der Waals surface area contributed by atoms with Gasteiger partial charge in [0.05, 0.1) is 11.9 Å². The van der Waals surface area contributed by atoms with Crippen molar-refractivity contribution in [2.75, 3.05) is 24.5 Å². The van der Waals surface area contributed by atoms with Gasteiger partial charge >= 0.3 is 0 Å². The Labute approximate surface area is 179 Å². The van der Waals surface area contributed by atoms with Crippen molar-refractivity contribution < 1.29 is 4.79 Å². The third-order valence-electron chi connectivity index (χ3n) is 5.07. The van der Waals surface area contributed by atoms with Crippen molar-refractivity contribution in [3.05, 3.63) is 83.1 Å². The Bertz CT molecular complexity index is 999. The minimum Gasteiger partial charge on any atom is -0.371 e. The third kappa shape index (κ3) is 5.15. The van der Waals surface area contributed by atoms with Crippen molar-refractivity contribution in [1.82, 2.24) is 15.1 Å². The molecule has 4 rings (SSSR count). The molecule has 6 heteroatoms. The van der Waals surface area contributed by atoms with Crippen LogP contribution < -0.4 is 10.2 Å². The van der Waals surface area contributed by atoms with Crippen molar-refractivity contribution in [2.24, 2.45) is 5.92 Å². The Morgan fingerprint density at radius 3 is 2.83 bits per heavy atom. The van der Waals surface area contributed by atoms with Gasteiger partial charge in [0, 0.05) is 47.6 Å². The molecule has 1 aliphatic heterocycles. The molecule has 0 bridgehead atoms. The van der Waals surface area contributed by atoms with Gasteiger partial charge in [-0.05, 0) is 48.7 Å². The average Bonchev–Trinajstić information content (AvgIpc) is 3.41. The van der Waals surface area contributed by atoms with E-state index in [-0.39, 0.29) is 5.91 Å². The van der Waals surface area contributed by atoms with Crippen molar-refractivity contribution in [2.45, 2.75) is 6.42 Å². The molecule has 0 aliphatic carbocycles. The smallest absolute Gasteiger partial charge is 0.244 e. The summed E-state index contributed by atoms with van der Waals surface area (Å²) < 4.78 is 2.89. The molecular weight excluding hydrogens is 428 g/mol. The summed E-state index contributed by atoms with van der Waals surface area (Å²) in [5.74, 6) is 0.394. The lowest BCUT2D eigenvalue weighted by Crippen LogP contribution is -2.29. The van der Waals surface area contributed by atoms with Crippen molar-refractivity contribution in [3.63, 3.8) is 0 Å². The van der Waals surface area contributed by atoms with Gasteiger partial charge < -0.3 is 10.2 Å². The minimum absolute atomic E-state index is 0.0710.